The summed E-state index contributed by atoms with van der Waals surface area (Å²) in [4.78, 5) is 12.3. The second kappa shape index (κ2) is 8.18. The Morgan fingerprint density at radius 3 is 2.21 bits per heavy atom. The van der Waals surface area contributed by atoms with Crippen molar-refractivity contribution in [3.05, 3.63) is 53.8 Å². The summed E-state index contributed by atoms with van der Waals surface area (Å²) in [7, 11) is -3.59. The van der Waals surface area contributed by atoms with E-state index < -0.39 is 27.9 Å². The van der Waals surface area contributed by atoms with E-state index in [1.807, 2.05) is 12.1 Å². The molecule has 0 saturated carbocycles. The van der Waals surface area contributed by atoms with E-state index in [-0.39, 0.29) is 16.8 Å². The molecule has 152 valence electrons. The van der Waals surface area contributed by atoms with Crippen molar-refractivity contribution in [2.45, 2.75) is 39.2 Å². The van der Waals surface area contributed by atoms with Crippen LogP contribution < -0.4 is 14.8 Å². The Bertz CT molecular complexity index is 951. The van der Waals surface area contributed by atoms with E-state index in [1.54, 1.807) is 19.1 Å². The molecular formula is C20H25FN2O4S. The number of rotatable bonds is 6. The number of benzene rings is 2. The molecule has 0 unspecified atom stereocenters. The summed E-state index contributed by atoms with van der Waals surface area (Å²) in [5.74, 6) is -0.702. The topological polar surface area (TPSA) is 84.5 Å². The van der Waals surface area contributed by atoms with Crippen molar-refractivity contribution in [1.29, 1.82) is 0 Å². The number of ether oxygens (including phenoxy) is 1. The predicted molar refractivity (Wildman–Crippen MR) is 109 cm³/mol. The zero-order valence-electron chi connectivity index (χ0n) is 16.5. The lowest BCUT2D eigenvalue weighted by molar-refractivity contribution is -0.122. The van der Waals surface area contributed by atoms with Crippen LogP contribution in [0.25, 0.3) is 0 Å². The molecule has 0 radical (unpaired) electrons. The van der Waals surface area contributed by atoms with Gasteiger partial charge in [-0.1, -0.05) is 32.9 Å². The molecule has 1 amide bonds. The molecule has 8 heteroatoms. The molecule has 0 aromatic heterocycles. The molecule has 0 heterocycles. The van der Waals surface area contributed by atoms with Crippen LogP contribution >= 0.6 is 0 Å². The average molecular weight is 408 g/mol. The van der Waals surface area contributed by atoms with Gasteiger partial charge in [0, 0.05) is 5.69 Å². The fraction of sp³-hybridized carbons (Fsp3) is 0.350. The minimum absolute atomic E-state index is 0.0176. The molecule has 0 saturated heterocycles. The number of hydrogen-bond acceptors (Lipinski definition) is 4. The van der Waals surface area contributed by atoms with Crippen LogP contribution in [0.2, 0.25) is 0 Å². The highest BCUT2D eigenvalue weighted by molar-refractivity contribution is 7.92. The maximum absolute atomic E-state index is 14.0. The van der Waals surface area contributed by atoms with Crippen molar-refractivity contribution in [3.63, 3.8) is 0 Å². The molecule has 1 atom stereocenters. The first-order valence-corrected chi connectivity index (χ1v) is 10.6. The molecule has 0 spiro atoms. The fourth-order valence-electron chi connectivity index (χ4n) is 2.41. The maximum atomic E-state index is 14.0. The first kappa shape index (κ1) is 21.7. The number of sulfonamides is 1. The molecule has 2 rings (SSSR count). The number of amides is 1. The second-order valence-corrected chi connectivity index (χ2v) is 9.34. The Labute approximate surface area is 165 Å². The van der Waals surface area contributed by atoms with Crippen molar-refractivity contribution in [2.24, 2.45) is 0 Å². The van der Waals surface area contributed by atoms with Gasteiger partial charge in [-0.3, -0.25) is 9.52 Å². The molecule has 2 N–H and O–H groups in total. The molecule has 6 nitrogen and oxygen atoms in total. The lowest BCUT2D eigenvalue weighted by Crippen LogP contribution is -2.30. The van der Waals surface area contributed by atoms with E-state index in [4.69, 9.17) is 4.74 Å². The lowest BCUT2D eigenvalue weighted by atomic mass is 9.87. The number of hydrogen-bond donors (Lipinski definition) is 2. The molecule has 0 aliphatic heterocycles. The molecule has 0 aliphatic rings. The summed E-state index contributed by atoms with van der Waals surface area (Å²) < 4.78 is 44.1. The van der Waals surface area contributed by atoms with Gasteiger partial charge >= 0.3 is 0 Å². The Kier molecular flexibility index (Phi) is 6.34. The summed E-state index contributed by atoms with van der Waals surface area (Å²) in [6.45, 7) is 7.90. The Balaban J connectivity index is 2.01. The number of anilines is 2. The van der Waals surface area contributed by atoms with Gasteiger partial charge in [-0.2, -0.15) is 0 Å². The van der Waals surface area contributed by atoms with Crippen LogP contribution in [0.1, 0.15) is 33.3 Å². The van der Waals surface area contributed by atoms with Gasteiger partial charge in [0.05, 0.1) is 11.9 Å². The van der Waals surface area contributed by atoms with Crippen molar-refractivity contribution in [1.82, 2.24) is 0 Å². The fourth-order valence-corrected chi connectivity index (χ4v) is 2.98. The molecule has 2 aromatic rings. The zero-order valence-corrected chi connectivity index (χ0v) is 17.4. The summed E-state index contributed by atoms with van der Waals surface area (Å²) in [5.41, 5.74) is 1.17. The summed E-state index contributed by atoms with van der Waals surface area (Å²) >= 11 is 0. The van der Waals surface area contributed by atoms with E-state index >= 15 is 0 Å². The van der Waals surface area contributed by atoms with Crippen LogP contribution in [0.15, 0.2) is 42.5 Å². The van der Waals surface area contributed by atoms with Gasteiger partial charge < -0.3 is 10.1 Å². The molecular weight excluding hydrogens is 383 g/mol. The highest BCUT2D eigenvalue weighted by Gasteiger charge is 2.17. The molecule has 0 bridgehead atoms. The minimum atomic E-state index is -3.59. The van der Waals surface area contributed by atoms with Crippen molar-refractivity contribution < 1.29 is 22.3 Å². The predicted octanol–water partition coefficient (Wildman–Crippen LogP) is 3.90. The molecule has 0 fully saturated rings. The van der Waals surface area contributed by atoms with E-state index in [0.29, 0.717) is 5.75 Å². The average Bonchev–Trinajstić information content (AvgIpc) is 2.56. The third kappa shape index (κ3) is 6.23. The lowest BCUT2D eigenvalue weighted by Gasteiger charge is -2.20. The highest BCUT2D eigenvalue weighted by atomic mass is 32.2. The second-order valence-electron chi connectivity index (χ2n) is 7.59. The smallest absolute Gasteiger partial charge is 0.265 e. The number of halogens is 1. The standard InChI is InChI=1S/C20H25FN2O4S/c1-13(27-16-9-6-14(7-10-16)20(2,3)4)19(24)22-15-8-11-18(17(21)12-15)23-28(5,25)26/h6-13,23H,1-5H3,(H,22,24)/t13-/m1/s1. The third-order valence-electron chi connectivity index (χ3n) is 3.93. The van der Waals surface area contributed by atoms with Crippen LogP contribution in [0.3, 0.4) is 0 Å². The zero-order chi connectivity index (χ0) is 21.1. The van der Waals surface area contributed by atoms with Crippen molar-refractivity contribution >= 4 is 27.3 Å². The van der Waals surface area contributed by atoms with Crippen LogP contribution in [0.4, 0.5) is 15.8 Å². The Morgan fingerprint density at radius 1 is 1.11 bits per heavy atom. The van der Waals surface area contributed by atoms with Gasteiger partial charge in [-0.15, -0.1) is 0 Å². The molecule has 2 aromatic carbocycles. The maximum Gasteiger partial charge on any atom is 0.265 e. The summed E-state index contributed by atoms with van der Waals surface area (Å²) in [6.07, 6.45) is 0.118. The van der Waals surface area contributed by atoms with E-state index in [1.165, 1.54) is 12.1 Å². The van der Waals surface area contributed by atoms with Crippen molar-refractivity contribution in [2.75, 3.05) is 16.3 Å². The first-order valence-electron chi connectivity index (χ1n) is 8.70. The molecule has 0 aliphatic carbocycles. The van der Waals surface area contributed by atoms with Gasteiger partial charge in [-0.05, 0) is 48.2 Å². The number of carbonyl (C=O) groups excluding carboxylic acids is 1. The Hall–Kier alpha value is -2.61. The van der Waals surface area contributed by atoms with Gasteiger partial charge in [-0.25, -0.2) is 12.8 Å². The van der Waals surface area contributed by atoms with Gasteiger partial charge in [0.2, 0.25) is 10.0 Å². The van der Waals surface area contributed by atoms with Gasteiger partial charge in [0.1, 0.15) is 11.6 Å². The van der Waals surface area contributed by atoms with E-state index in [2.05, 4.69) is 30.8 Å². The quantitative estimate of drug-likeness (QED) is 0.759. The first-order chi connectivity index (χ1) is 12.8. The SMILES string of the molecule is C[C@@H](Oc1ccc(C(C)(C)C)cc1)C(=O)Nc1ccc(NS(C)(=O)=O)c(F)c1. The summed E-state index contributed by atoms with van der Waals surface area (Å²) in [5, 5.41) is 2.55. The van der Waals surface area contributed by atoms with Crippen LogP contribution in [-0.4, -0.2) is 26.7 Å². The van der Waals surface area contributed by atoms with Crippen LogP contribution in [0, 0.1) is 5.82 Å². The van der Waals surface area contributed by atoms with Crippen molar-refractivity contribution in [3.8, 4) is 5.75 Å². The van der Waals surface area contributed by atoms with E-state index in [9.17, 15) is 17.6 Å². The van der Waals surface area contributed by atoms with Gasteiger partial charge in [0.25, 0.3) is 5.91 Å². The minimum Gasteiger partial charge on any atom is -0.481 e. The Morgan fingerprint density at radius 2 is 1.71 bits per heavy atom. The monoisotopic (exact) mass is 408 g/mol. The van der Waals surface area contributed by atoms with E-state index in [0.717, 1.165) is 17.9 Å². The largest absolute Gasteiger partial charge is 0.481 e. The van der Waals surface area contributed by atoms with Crippen LogP contribution in [-0.2, 0) is 20.2 Å². The number of carbonyl (C=O) groups is 1. The van der Waals surface area contributed by atoms with Crippen LogP contribution in [0.5, 0.6) is 5.75 Å². The summed E-state index contributed by atoms with van der Waals surface area (Å²) in [6, 6.07) is 11.2. The normalized spacial score (nSPS) is 12.9. The number of nitrogens with one attached hydrogen (secondary N) is 2. The molecule has 28 heavy (non-hydrogen) atoms. The third-order valence-corrected chi connectivity index (χ3v) is 4.53. The van der Waals surface area contributed by atoms with Gasteiger partial charge in [0.15, 0.2) is 6.10 Å². The highest BCUT2D eigenvalue weighted by Crippen LogP contribution is 2.25.